The number of halogens is 1. The molecule has 0 aromatic heterocycles. The fourth-order valence-electron chi connectivity index (χ4n) is 2.43. The van der Waals surface area contributed by atoms with Crippen molar-refractivity contribution in [2.45, 2.75) is 32.7 Å². The SMILES string of the molecule is CC1=CC(B(O)O)CC(C)=C1OCc1ccccc1Cl. The number of ether oxygens (including phenoxy) is 1. The second kappa shape index (κ2) is 6.48. The molecule has 1 atom stereocenters. The zero-order chi connectivity index (χ0) is 14.7. The van der Waals surface area contributed by atoms with Gasteiger partial charge in [-0.3, -0.25) is 0 Å². The quantitative estimate of drug-likeness (QED) is 0.837. The molecule has 1 aromatic carbocycles. The van der Waals surface area contributed by atoms with Crippen molar-refractivity contribution >= 4 is 18.7 Å². The van der Waals surface area contributed by atoms with E-state index in [1.165, 1.54) is 0 Å². The van der Waals surface area contributed by atoms with Crippen molar-refractivity contribution in [3.05, 3.63) is 57.8 Å². The molecule has 0 amide bonds. The number of rotatable bonds is 4. The van der Waals surface area contributed by atoms with Crippen LogP contribution >= 0.6 is 11.6 Å². The van der Waals surface area contributed by atoms with Crippen LogP contribution in [0.1, 0.15) is 25.8 Å². The maximum atomic E-state index is 9.27. The van der Waals surface area contributed by atoms with Crippen LogP contribution in [0.5, 0.6) is 0 Å². The third-order valence-electron chi connectivity index (χ3n) is 3.46. The van der Waals surface area contributed by atoms with Crippen LogP contribution in [0.2, 0.25) is 10.8 Å². The van der Waals surface area contributed by atoms with Gasteiger partial charge in [0.05, 0.1) is 0 Å². The van der Waals surface area contributed by atoms with Gasteiger partial charge in [0.15, 0.2) is 0 Å². The first-order valence-electron chi connectivity index (χ1n) is 6.60. The first-order chi connectivity index (χ1) is 9.49. The summed E-state index contributed by atoms with van der Waals surface area (Å²) in [7, 11) is -1.33. The van der Waals surface area contributed by atoms with Crippen LogP contribution in [0, 0.1) is 0 Å². The highest BCUT2D eigenvalue weighted by Gasteiger charge is 2.27. The predicted molar refractivity (Wildman–Crippen MR) is 81.3 cm³/mol. The molecule has 3 nitrogen and oxygen atoms in total. The minimum absolute atomic E-state index is 0.261. The van der Waals surface area contributed by atoms with Gasteiger partial charge < -0.3 is 14.8 Å². The molecule has 0 saturated carbocycles. The summed E-state index contributed by atoms with van der Waals surface area (Å²) in [6.07, 6.45) is 2.44. The van der Waals surface area contributed by atoms with Crippen molar-refractivity contribution in [3.63, 3.8) is 0 Å². The summed E-state index contributed by atoms with van der Waals surface area (Å²) in [5.41, 5.74) is 2.89. The average Bonchev–Trinajstić information content (AvgIpc) is 2.39. The molecule has 0 bridgehead atoms. The predicted octanol–water partition coefficient (Wildman–Crippen LogP) is 3.32. The highest BCUT2D eigenvalue weighted by molar-refractivity contribution is 6.44. The molecule has 0 spiro atoms. The van der Waals surface area contributed by atoms with E-state index in [1.807, 2.05) is 44.2 Å². The Labute approximate surface area is 124 Å². The maximum absolute atomic E-state index is 9.27. The van der Waals surface area contributed by atoms with Crippen molar-refractivity contribution in [2.24, 2.45) is 0 Å². The highest BCUT2D eigenvalue weighted by Crippen LogP contribution is 2.34. The lowest BCUT2D eigenvalue weighted by atomic mass is 9.67. The summed E-state index contributed by atoms with van der Waals surface area (Å²) in [5, 5.41) is 19.2. The summed E-state index contributed by atoms with van der Waals surface area (Å²) in [6.45, 7) is 4.28. The Hall–Kier alpha value is -1.23. The van der Waals surface area contributed by atoms with E-state index in [0.29, 0.717) is 18.1 Å². The van der Waals surface area contributed by atoms with E-state index in [4.69, 9.17) is 16.3 Å². The van der Waals surface area contributed by atoms with Crippen molar-refractivity contribution < 1.29 is 14.8 Å². The Morgan fingerprint density at radius 1 is 1.30 bits per heavy atom. The largest absolute Gasteiger partial charge is 0.489 e. The van der Waals surface area contributed by atoms with Gasteiger partial charge >= 0.3 is 7.12 Å². The Morgan fingerprint density at radius 3 is 2.60 bits per heavy atom. The van der Waals surface area contributed by atoms with Gasteiger partial charge in [-0.25, -0.2) is 0 Å². The van der Waals surface area contributed by atoms with Gasteiger partial charge in [-0.05, 0) is 37.5 Å². The molecule has 0 saturated heterocycles. The second-order valence-electron chi connectivity index (χ2n) is 5.12. The van der Waals surface area contributed by atoms with Crippen LogP contribution in [0.15, 0.2) is 47.2 Å². The summed E-state index contributed by atoms with van der Waals surface area (Å²) >= 11 is 6.10. The van der Waals surface area contributed by atoms with Gasteiger partial charge in [-0.15, -0.1) is 0 Å². The molecule has 1 aliphatic carbocycles. The van der Waals surface area contributed by atoms with Crippen LogP contribution in [0.25, 0.3) is 0 Å². The molecule has 1 aliphatic rings. The van der Waals surface area contributed by atoms with Crippen LogP contribution in [0.4, 0.5) is 0 Å². The van der Waals surface area contributed by atoms with Crippen molar-refractivity contribution in [2.75, 3.05) is 0 Å². The molecular weight excluding hydrogens is 274 g/mol. The fraction of sp³-hybridized carbons (Fsp3) is 0.333. The van der Waals surface area contributed by atoms with Crippen molar-refractivity contribution in [1.82, 2.24) is 0 Å². The van der Waals surface area contributed by atoms with Gasteiger partial charge in [0, 0.05) is 16.4 Å². The first-order valence-corrected chi connectivity index (χ1v) is 6.97. The van der Waals surface area contributed by atoms with Crippen molar-refractivity contribution in [1.29, 1.82) is 0 Å². The molecule has 20 heavy (non-hydrogen) atoms. The fourth-order valence-corrected chi connectivity index (χ4v) is 2.62. The molecule has 0 fully saturated rings. The van der Waals surface area contributed by atoms with Gasteiger partial charge in [0.25, 0.3) is 0 Å². The smallest absolute Gasteiger partial charge is 0.459 e. The van der Waals surface area contributed by atoms with Crippen LogP contribution in [-0.4, -0.2) is 17.2 Å². The minimum atomic E-state index is -1.33. The number of hydrogen-bond acceptors (Lipinski definition) is 3. The van der Waals surface area contributed by atoms with Crippen LogP contribution in [0.3, 0.4) is 0 Å². The summed E-state index contributed by atoms with van der Waals surface area (Å²) < 4.78 is 5.87. The average molecular weight is 293 g/mol. The summed E-state index contributed by atoms with van der Waals surface area (Å²) in [6, 6.07) is 7.58. The Kier molecular flexibility index (Phi) is 4.92. The topological polar surface area (TPSA) is 49.7 Å². The van der Waals surface area contributed by atoms with E-state index < -0.39 is 7.12 Å². The lowest BCUT2D eigenvalue weighted by molar-refractivity contribution is 0.200. The lowest BCUT2D eigenvalue weighted by Crippen LogP contribution is -2.22. The van der Waals surface area contributed by atoms with E-state index in [0.717, 1.165) is 22.5 Å². The Bertz CT molecular complexity index is 552. The Balaban J connectivity index is 2.09. The zero-order valence-corrected chi connectivity index (χ0v) is 12.4. The lowest BCUT2D eigenvalue weighted by Gasteiger charge is -2.23. The van der Waals surface area contributed by atoms with Gasteiger partial charge in [0.1, 0.15) is 12.4 Å². The standard InChI is InChI=1S/C15H18BClO3/c1-10-7-13(16(18)19)8-11(2)15(10)20-9-12-5-3-4-6-14(12)17/h3-7,13,18-19H,8-9H2,1-2H3. The number of allylic oxidation sites excluding steroid dienone is 3. The van der Waals surface area contributed by atoms with Gasteiger partial charge in [0.2, 0.25) is 0 Å². The molecule has 0 aliphatic heterocycles. The molecule has 1 aromatic rings. The van der Waals surface area contributed by atoms with E-state index >= 15 is 0 Å². The molecule has 0 radical (unpaired) electrons. The van der Waals surface area contributed by atoms with Gasteiger partial charge in [-0.1, -0.05) is 35.9 Å². The van der Waals surface area contributed by atoms with E-state index in [-0.39, 0.29) is 5.82 Å². The normalized spacial score (nSPS) is 18.9. The van der Waals surface area contributed by atoms with Crippen molar-refractivity contribution in [3.8, 4) is 0 Å². The molecule has 5 heteroatoms. The second-order valence-corrected chi connectivity index (χ2v) is 5.53. The first kappa shape index (κ1) is 15.2. The molecule has 106 valence electrons. The summed E-state index contributed by atoms with van der Waals surface area (Å²) in [4.78, 5) is 0. The molecule has 2 rings (SSSR count). The minimum Gasteiger partial charge on any atom is -0.489 e. The number of hydrogen-bond donors (Lipinski definition) is 2. The molecule has 1 unspecified atom stereocenters. The van der Waals surface area contributed by atoms with Gasteiger partial charge in [-0.2, -0.15) is 0 Å². The molecular formula is C15H18BClO3. The zero-order valence-electron chi connectivity index (χ0n) is 11.6. The maximum Gasteiger partial charge on any atom is 0.459 e. The highest BCUT2D eigenvalue weighted by atomic mass is 35.5. The molecule has 2 N–H and O–H groups in total. The monoisotopic (exact) mass is 292 g/mol. The Morgan fingerprint density at radius 2 is 2.00 bits per heavy atom. The van der Waals surface area contributed by atoms with E-state index in [9.17, 15) is 10.0 Å². The third kappa shape index (κ3) is 3.45. The number of benzene rings is 1. The molecule has 0 heterocycles. The van der Waals surface area contributed by atoms with E-state index in [1.54, 1.807) is 0 Å². The van der Waals surface area contributed by atoms with E-state index in [2.05, 4.69) is 0 Å². The van der Waals surface area contributed by atoms with Crippen LogP contribution < -0.4 is 0 Å². The third-order valence-corrected chi connectivity index (χ3v) is 3.83. The van der Waals surface area contributed by atoms with Crippen LogP contribution in [-0.2, 0) is 11.3 Å². The summed E-state index contributed by atoms with van der Waals surface area (Å²) in [5.74, 6) is 0.560.